The number of nitrogens with one attached hydrogen (secondary N) is 2. The van der Waals surface area contributed by atoms with Crippen LogP contribution in [0.4, 0.5) is 0 Å². The number of carbonyl (C=O) groups excluding carboxylic acids is 2. The molecule has 0 aliphatic heterocycles. The van der Waals surface area contributed by atoms with E-state index in [1.807, 2.05) is 0 Å². The van der Waals surface area contributed by atoms with Gasteiger partial charge in [-0.3, -0.25) is 15.0 Å². The highest BCUT2D eigenvalue weighted by Gasteiger charge is 2.33. The molecular weight excluding hydrogens is 341 g/mol. The monoisotopic (exact) mass is 369 g/mol. The van der Waals surface area contributed by atoms with E-state index in [2.05, 4.69) is 20.1 Å². The molecule has 0 rings (SSSR count). The van der Waals surface area contributed by atoms with Crippen molar-refractivity contribution in [1.82, 2.24) is 10.9 Å². The molecule has 0 heterocycles. The maximum absolute atomic E-state index is 11.7. The van der Waals surface area contributed by atoms with Crippen molar-refractivity contribution in [2.24, 2.45) is 5.73 Å². The summed E-state index contributed by atoms with van der Waals surface area (Å²) in [6, 6.07) is -0.392. The van der Waals surface area contributed by atoms with Crippen molar-refractivity contribution in [2.45, 2.75) is 49.5 Å². The van der Waals surface area contributed by atoms with E-state index in [1.54, 1.807) is 0 Å². The van der Waals surface area contributed by atoms with Gasteiger partial charge < -0.3 is 31.3 Å². The van der Waals surface area contributed by atoms with Gasteiger partial charge in [0.05, 0.1) is 25.0 Å². The minimum Gasteiger partial charge on any atom is -0.394 e. The zero-order valence-electron chi connectivity index (χ0n) is 13.3. The van der Waals surface area contributed by atoms with E-state index < -0.39 is 54.9 Å². The molecule has 0 bridgehead atoms. The van der Waals surface area contributed by atoms with Crippen LogP contribution in [-0.4, -0.2) is 87.0 Å². The molecular formula is C13H28N3O7P. The first-order valence-electron chi connectivity index (χ1n) is 7.60. The van der Waals surface area contributed by atoms with Crippen molar-refractivity contribution < 1.29 is 35.1 Å². The molecule has 11 heteroatoms. The number of hydrogen-bond donors (Lipinski definition) is 8. The van der Waals surface area contributed by atoms with Crippen LogP contribution in [-0.2, 0) is 9.59 Å². The highest BCUT2D eigenvalue weighted by molar-refractivity contribution is 7.17. The third-order valence-electron chi connectivity index (χ3n) is 3.37. The van der Waals surface area contributed by atoms with Crippen molar-refractivity contribution in [1.29, 1.82) is 0 Å². The van der Waals surface area contributed by atoms with Gasteiger partial charge in [0.25, 0.3) is 0 Å². The Hall–Kier alpha value is -0.550. The zero-order chi connectivity index (χ0) is 18.7. The van der Waals surface area contributed by atoms with Gasteiger partial charge in [-0.25, -0.2) is 5.43 Å². The lowest BCUT2D eigenvalue weighted by molar-refractivity contribution is -0.149. The average molecular weight is 369 g/mol. The molecule has 0 spiro atoms. The SMILES string of the molecule is NCCCC[C@H](NNCC(=O)C(=O)C(O)C(O)C(O)CO)C(O)P. The van der Waals surface area contributed by atoms with E-state index in [1.165, 1.54) is 0 Å². The molecule has 0 amide bonds. The van der Waals surface area contributed by atoms with Gasteiger partial charge in [0.2, 0.25) is 11.6 Å². The first-order chi connectivity index (χ1) is 11.3. The molecule has 0 aliphatic carbocycles. The molecule has 0 aromatic heterocycles. The Morgan fingerprint density at radius 2 is 1.75 bits per heavy atom. The minimum atomic E-state index is -2.13. The van der Waals surface area contributed by atoms with E-state index in [9.17, 15) is 24.9 Å². The van der Waals surface area contributed by atoms with Crippen molar-refractivity contribution in [3.63, 3.8) is 0 Å². The van der Waals surface area contributed by atoms with Gasteiger partial charge in [-0.2, -0.15) is 0 Å². The third kappa shape index (κ3) is 8.52. The van der Waals surface area contributed by atoms with Crippen LogP contribution in [0.1, 0.15) is 19.3 Å². The highest BCUT2D eigenvalue weighted by atomic mass is 31.0. The fourth-order valence-corrected chi connectivity index (χ4v) is 2.11. The van der Waals surface area contributed by atoms with Gasteiger partial charge in [-0.1, -0.05) is 6.42 Å². The van der Waals surface area contributed by atoms with Gasteiger partial charge in [-0.15, -0.1) is 9.24 Å². The quantitative estimate of drug-likeness (QED) is 0.0649. The van der Waals surface area contributed by atoms with Crippen molar-refractivity contribution >= 4 is 20.8 Å². The maximum Gasteiger partial charge on any atom is 0.230 e. The standard InChI is InChI=1S/C13H28N3O7P/c14-4-2-1-3-7(13(23)24)16-15-5-8(18)10(20)12(22)11(21)9(19)6-17/h7,9,11-13,15-17,19,21-23H,1-6,14,24H2/t7-,9?,11?,12?,13?/m0/s1. The molecule has 24 heavy (non-hydrogen) atoms. The van der Waals surface area contributed by atoms with Gasteiger partial charge in [-0.05, 0) is 19.4 Å². The van der Waals surface area contributed by atoms with Crippen molar-refractivity contribution in [2.75, 3.05) is 19.7 Å². The second-order valence-corrected chi connectivity index (χ2v) is 6.04. The number of nitrogens with two attached hydrogens (primary N) is 1. The Bertz CT molecular complexity index is 387. The van der Waals surface area contributed by atoms with E-state index >= 15 is 0 Å². The normalized spacial score (nSPS) is 17.8. The number of hydrogen-bond acceptors (Lipinski definition) is 10. The van der Waals surface area contributed by atoms with Crippen molar-refractivity contribution in [3.8, 4) is 0 Å². The fourth-order valence-electron chi connectivity index (χ4n) is 1.82. The summed E-state index contributed by atoms with van der Waals surface area (Å²) in [5.74, 6) is -3.11. The molecule has 0 aliphatic rings. The average Bonchev–Trinajstić information content (AvgIpc) is 2.57. The Balaban J connectivity index is 4.33. The van der Waals surface area contributed by atoms with Gasteiger partial charge in [0, 0.05) is 0 Å². The van der Waals surface area contributed by atoms with Crippen molar-refractivity contribution in [3.05, 3.63) is 0 Å². The summed E-state index contributed by atoms with van der Waals surface area (Å²) in [4.78, 5) is 23.3. The van der Waals surface area contributed by atoms with Crippen LogP contribution in [0.25, 0.3) is 0 Å². The Morgan fingerprint density at radius 3 is 2.25 bits per heavy atom. The summed E-state index contributed by atoms with van der Waals surface area (Å²) in [6.07, 6.45) is -3.70. The fraction of sp³-hybridized carbons (Fsp3) is 0.846. The lowest BCUT2D eigenvalue weighted by Crippen LogP contribution is -2.51. The Morgan fingerprint density at radius 1 is 1.12 bits per heavy atom. The lowest BCUT2D eigenvalue weighted by Gasteiger charge is -2.22. The predicted octanol–water partition coefficient (Wildman–Crippen LogP) is -4.02. The second-order valence-electron chi connectivity index (χ2n) is 5.35. The largest absolute Gasteiger partial charge is 0.394 e. The van der Waals surface area contributed by atoms with Gasteiger partial charge in [0.15, 0.2) is 0 Å². The molecule has 0 saturated carbocycles. The summed E-state index contributed by atoms with van der Waals surface area (Å²) < 4.78 is 0. The van der Waals surface area contributed by atoms with Gasteiger partial charge >= 0.3 is 0 Å². The van der Waals surface area contributed by atoms with Crippen LogP contribution in [0.3, 0.4) is 0 Å². The molecule has 6 atom stereocenters. The number of aliphatic hydroxyl groups excluding tert-OH is 5. The molecule has 0 fully saturated rings. The van der Waals surface area contributed by atoms with Crippen LogP contribution < -0.4 is 16.6 Å². The highest BCUT2D eigenvalue weighted by Crippen LogP contribution is 2.09. The number of unbranched alkanes of at least 4 members (excludes halogenated alkanes) is 1. The topological polar surface area (TPSA) is 185 Å². The molecule has 0 aromatic carbocycles. The predicted molar refractivity (Wildman–Crippen MR) is 88.7 cm³/mol. The summed E-state index contributed by atoms with van der Waals surface area (Å²) in [6.45, 7) is -0.821. The summed E-state index contributed by atoms with van der Waals surface area (Å²) in [5, 5.41) is 46.3. The molecule has 5 unspecified atom stereocenters. The maximum atomic E-state index is 11.7. The minimum absolute atomic E-state index is 0.392. The smallest absolute Gasteiger partial charge is 0.230 e. The lowest BCUT2D eigenvalue weighted by atomic mass is 10.0. The molecule has 9 N–H and O–H groups in total. The number of ketones is 2. The third-order valence-corrected chi connectivity index (χ3v) is 3.83. The van der Waals surface area contributed by atoms with E-state index in [0.717, 1.165) is 12.8 Å². The molecule has 0 radical (unpaired) electrons. The summed E-state index contributed by atoms with van der Waals surface area (Å²) in [5.41, 5.74) is 10.6. The van der Waals surface area contributed by atoms with Crippen LogP contribution in [0, 0.1) is 0 Å². The van der Waals surface area contributed by atoms with Crippen LogP contribution in [0.5, 0.6) is 0 Å². The molecule has 0 aromatic rings. The van der Waals surface area contributed by atoms with Crippen LogP contribution in [0.2, 0.25) is 0 Å². The van der Waals surface area contributed by atoms with Crippen LogP contribution >= 0.6 is 9.24 Å². The number of aliphatic hydroxyl groups is 5. The van der Waals surface area contributed by atoms with Crippen LogP contribution in [0.15, 0.2) is 0 Å². The first-order valence-corrected chi connectivity index (χ1v) is 8.27. The second kappa shape index (κ2) is 12.8. The van der Waals surface area contributed by atoms with E-state index in [0.29, 0.717) is 13.0 Å². The Kier molecular flexibility index (Phi) is 12.5. The zero-order valence-corrected chi connectivity index (χ0v) is 14.5. The van der Waals surface area contributed by atoms with Gasteiger partial charge in [0.1, 0.15) is 18.3 Å². The van der Waals surface area contributed by atoms with E-state index in [4.69, 9.17) is 15.9 Å². The molecule has 0 saturated heterocycles. The number of hydrazine groups is 1. The summed E-state index contributed by atoms with van der Waals surface area (Å²) >= 11 is 0. The molecule has 142 valence electrons. The molecule has 10 nitrogen and oxygen atoms in total. The number of Topliss-reactive ketones (excluding diaryl/α,β-unsaturated/α-hetero) is 2. The van der Waals surface area contributed by atoms with E-state index in [-0.39, 0.29) is 0 Å². The Labute approximate surface area is 142 Å². The number of carbonyl (C=O) groups is 2. The first kappa shape index (κ1) is 23.4. The number of rotatable bonds is 14. The summed E-state index contributed by atoms with van der Waals surface area (Å²) in [7, 11) is 2.21.